The van der Waals surface area contributed by atoms with Crippen LogP contribution in [0.1, 0.15) is 25.5 Å². The van der Waals surface area contributed by atoms with Gasteiger partial charge in [-0.3, -0.25) is 0 Å². The SMILES string of the molecule is CNC[C@@H](O)[C@H](c1cccc(F)c1)n1cc(-c2ccccc2OC(C)C)c2ccccc21.Cl. The number of fused-ring (bicyclic) bond motifs is 1. The van der Waals surface area contributed by atoms with Crippen LogP contribution in [0.25, 0.3) is 22.0 Å². The number of benzene rings is 3. The first kappa shape index (κ1) is 24.8. The van der Waals surface area contributed by atoms with Crippen LogP contribution in [-0.2, 0) is 0 Å². The van der Waals surface area contributed by atoms with Gasteiger partial charge in [0.15, 0.2) is 0 Å². The van der Waals surface area contributed by atoms with Crippen molar-refractivity contribution in [2.75, 3.05) is 13.6 Å². The molecule has 0 bridgehead atoms. The molecule has 4 rings (SSSR count). The Hall–Kier alpha value is -2.86. The van der Waals surface area contributed by atoms with Crippen molar-refractivity contribution in [3.05, 3.63) is 90.4 Å². The zero-order valence-corrected chi connectivity index (χ0v) is 19.9. The number of ether oxygens (including phenoxy) is 1. The van der Waals surface area contributed by atoms with Gasteiger partial charge in [0.1, 0.15) is 11.6 Å². The largest absolute Gasteiger partial charge is 0.490 e. The molecule has 0 unspecified atom stereocenters. The predicted octanol–water partition coefficient (Wildman–Crippen LogP) is 5.83. The summed E-state index contributed by atoms with van der Waals surface area (Å²) in [5.74, 6) is 0.486. The van der Waals surface area contributed by atoms with Crippen molar-refractivity contribution < 1.29 is 14.2 Å². The second kappa shape index (κ2) is 10.8. The molecule has 2 atom stereocenters. The fourth-order valence-electron chi connectivity index (χ4n) is 4.27. The van der Waals surface area contributed by atoms with Gasteiger partial charge in [-0.1, -0.05) is 48.5 Å². The zero-order chi connectivity index (χ0) is 22.7. The van der Waals surface area contributed by atoms with Crippen LogP contribution in [-0.4, -0.2) is 35.5 Å². The van der Waals surface area contributed by atoms with E-state index in [0.29, 0.717) is 12.1 Å². The monoisotopic (exact) mass is 468 g/mol. The average molecular weight is 469 g/mol. The minimum absolute atomic E-state index is 0. The van der Waals surface area contributed by atoms with Crippen LogP contribution in [0.2, 0.25) is 0 Å². The summed E-state index contributed by atoms with van der Waals surface area (Å²) in [7, 11) is 1.80. The molecule has 2 N–H and O–H groups in total. The van der Waals surface area contributed by atoms with Gasteiger partial charge in [0.25, 0.3) is 0 Å². The molecule has 1 aromatic heterocycles. The Balaban J connectivity index is 0.00000306. The second-order valence-corrected chi connectivity index (χ2v) is 8.25. The molecule has 0 aliphatic carbocycles. The maximum atomic E-state index is 14.1. The lowest BCUT2D eigenvalue weighted by molar-refractivity contribution is 0.132. The number of aromatic nitrogens is 1. The summed E-state index contributed by atoms with van der Waals surface area (Å²) in [5, 5.41) is 15.2. The lowest BCUT2D eigenvalue weighted by atomic mass is 10.0. The van der Waals surface area contributed by atoms with E-state index < -0.39 is 12.1 Å². The Morgan fingerprint density at radius 2 is 1.70 bits per heavy atom. The van der Waals surface area contributed by atoms with Gasteiger partial charge in [-0.25, -0.2) is 4.39 Å². The van der Waals surface area contributed by atoms with Gasteiger partial charge < -0.3 is 19.7 Å². The lowest BCUT2D eigenvalue weighted by Gasteiger charge is -2.26. The highest BCUT2D eigenvalue weighted by molar-refractivity contribution is 5.97. The van der Waals surface area contributed by atoms with E-state index in [4.69, 9.17) is 4.74 Å². The van der Waals surface area contributed by atoms with E-state index in [1.807, 2.05) is 73.1 Å². The molecule has 1 heterocycles. The van der Waals surface area contributed by atoms with Crippen molar-refractivity contribution >= 4 is 23.3 Å². The van der Waals surface area contributed by atoms with E-state index in [-0.39, 0.29) is 24.3 Å². The van der Waals surface area contributed by atoms with Crippen LogP contribution in [0, 0.1) is 5.82 Å². The molecule has 0 aliphatic rings. The molecule has 0 radical (unpaired) electrons. The Morgan fingerprint density at radius 3 is 2.42 bits per heavy atom. The predicted molar refractivity (Wildman–Crippen MR) is 135 cm³/mol. The van der Waals surface area contributed by atoms with Gasteiger partial charge in [0, 0.05) is 34.8 Å². The van der Waals surface area contributed by atoms with Crippen molar-refractivity contribution in [2.24, 2.45) is 0 Å². The molecule has 174 valence electrons. The normalized spacial score (nSPS) is 13.0. The van der Waals surface area contributed by atoms with E-state index in [9.17, 15) is 9.50 Å². The molecule has 0 spiro atoms. The molecule has 0 fully saturated rings. The van der Waals surface area contributed by atoms with Crippen molar-refractivity contribution in [2.45, 2.75) is 32.1 Å². The van der Waals surface area contributed by atoms with Crippen LogP contribution in [0.4, 0.5) is 4.39 Å². The van der Waals surface area contributed by atoms with Gasteiger partial charge in [-0.05, 0) is 50.7 Å². The lowest BCUT2D eigenvalue weighted by Crippen LogP contribution is -2.33. The summed E-state index contributed by atoms with van der Waals surface area (Å²) in [4.78, 5) is 0. The number of para-hydroxylation sites is 2. The Morgan fingerprint density at radius 1 is 0.970 bits per heavy atom. The number of aliphatic hydroxyl groups excluding tert-OH is 1. The molecule has 33 heavy (non-hydrogen) atoms. The summed E-state index contributed by atoms with van der Waals surface area (Å²) >= 11 is 0. The van der Waals surface area contributed by atoms with Crippen LogP contribution in [0.3, 0.4) is 0 Å². The highest BCUT2D eigenvalue weighted by atomic mass is 35.5. The number of rotatable bonds is 8. The summed E-state index contributed by atoms with van der Waals surface area (Å²) in [5.41, 5.74) is 3.67. The Bertz CT molecular complexity index is 1210. The van der Waals surface area contributed by atoms with E-state index in [1.54, 1.807) is 13.1 Å². The van der Waals surface area contributed by atoms with Crippen LogP contribution < -0.4 is 10.1 Å². The minimum Gasteiger partial charge on any atom is -0.490 e. The van der Waals surface area contributed by atoms with Gasteiger partial charge >= 0.3 is 0 Å². The maximum absolute atomic E-state index is 14.1. The van der Waals surface area contributed by atoms with E-state index in [0.717, 1.165) is 27.8 Å². The van der Waals surface area contributed by atoms with Gasteiger partial charge in [-0.15, -0.1) is 12.4 Å². The van der Waals surface area contributed by atoms with Gasteiger partial charge in [0.2, 0.25) is 0 Å². The Labute approximate surface area is 200 Å². The molecular weight excluding hydrogens is 439 g/mol. The van der Waals surface area contributed by atoms with Crippen LogP contribution in [0.5, 0.6) is 5.75 Å². The van der Waals surface area contributed by atoms with Crippen molar-refractivity contribution in [1.29, 1.82) is 0 Å². The Kier molecular flexibility index (Phi) is 8.14. The number of nitrogens with one attached hydrogen (secondary N) is 1. The number of nitrogens with zero attached hydrogens (tertiary/aromatic N) is 1. The number of likely N-dealkylation sites (N-methyl/N-ethyl adjacent to an activating group) is 1. The number of hydrogen-bond donors (Lipinski definition) is 2. The summed E-state index contributed by atoms with van der Waals surface area (Å²) in [6, 6.07) is 22.1. The smallest absolute Gasteiger partial charge is 0.127 e. The first-order valence-corrected chi connectivity index (χ1v) is 10.9. The molecule has 3 aromatic carbocycles. The molecule has 0 saturated heterocycles. The quantitative estimate of drug-likeness (QED) is 0.342. The minimum atomic E-state index is -0.757. The molecule has 4 nitrogen and oxygen atoms in total. The van der Waals surface area contributed by atoms with Crippen molar-refractivity contribution in [1.82, 2.24) is 9.88 Å². The molecule has 0 saturated carbocycles. The fraction of sp³-hybridized carbons (Fsp3) is 0.259. The summed E-state index contributed by atoms with van der Waals surface area (Å²) < 4.78 is 22.3. The average Bonchev–Trinajstić information content (AvgIpc) is 3.13. The first-order valence-electron chi connectivity index (χ1n) is 10.9. The zero-order valence-electron chi connectivity index (χ0n) is 19.0. The van der Waals surface area contributed by atoms with Crippen LogP contribution in [0.15, 0.2) is 79.0 Å². The van der Waals surface area contributed by atoms with E-state index in [2.05, 4.69) is 11.4 Å². The van der Waals surface area contributed by atoms with Crippen molar-refractivity contribution in [3.63, 3.8) is 0 Å². The van der Waals surface area contributed by atoms with E-state index in [1.165, 1.54) is 12.1 Å². The van der Waals surface area contributed by atoms with Crippen LogP contribution >= 0.6 is 12.4 Å². The summed E-state index contributed by atoms with van der Waals surface area (Å²) in [6.07, 6.45) is 1.33. The van der Waals surface area contributed by atoms with Crippen molar-refractivity contribution in [3.8, 4) is 16.9 Å². The molecule has 0 aliphatic heterocycles. The number of halogens is 2. The van der Waals surface area contributed by atoms with Gasteiger partial charge in [0.05, 0.1) is 18.2 Å². The molecule has 6 heteroatoms. The molecule has 4 aromatic rings. The first-order chi connectivity index (χ1) is 15.5. The molecule has 0 amide bonds. The maximum Gasteiger partial charge on any atom is 0.127 e. The third-order valence-corrected chi connectivity index (χ3v) is 5.55. The summed E-state index contributed by atoms with van der Waals surface area (Å²) in [6.45, 7) is 4.39. The topological polar surface area (TPSA) is 46.4 Å². The third kappa shape index (κ3) is 5.22. The molecular formula is C27H30ClFN2O2. The standard InChI is InChI=1S/C27H29FN2O2.ClH/c1-18(2)32-26-14-7-5-12-22(26)23-17-30(24-13-6-4-11-21(23)24)27(25(31)16-29-3)19-9-8-10-20(28)15-19;/h4-15,17-18,25,27,29,31H,16H2,1-3H3;1H/t25-,27+;/m1./s1. The van der Waals surface area contributed by atoms with Gasteiger partial charge in [-0.2, -0.15) is 0 Å². The number of aliphatic hydroxyl groups is 1. The fourth-order valence-corrected chi connectivity index (χ4v) is 4.27. The third-order valence-electron chi connectivity index (χ3n) is 5.55. The number of hydrogen-bond acceptors (Lipinski definition) is 3. The highest BCUT2D eigenvalue weighted by Gasteiger charge is 2.26. The highest BCUT2D eigenvalue weighted by Crippen LogP contribution is 2.39. The second-order valence-electron chi connectivity index (χ2n) is 8.25. The van der Waals surface area contributed by atoms with E-state index >= 15 is 0 Å².